The summed E-state index contributed by atoms with van der Waals surface area (Å²) in [6.07, 6.45) is 1.89. The zero-order chi connectivity index (χ0) is 14.9. The fourth-order valence-corrected chi connectivity index (χ4v) is 3.13. The van der Waals surface area contributed by atoms with Crippen molar-refractivity contribution in [1.29, 1.82) is 0 Å². The molecule has 1 aliphatic rings. The first-order chi connectivity index (χ1) is 9.42. The molecule has 1 heterocycles. The van der Waals surface area contributed by atoms with Crippen LogP contribution in [0.5, 0.6) is 0 Å². The number of rotatable bonds is 4. The van der Waals surface area contributed by atoms with Crippen LogP contribution in [0.3, 0.4) is 0 Å². The van der Waals surface area contributed by atoms with Crippen molar-refractivity contribution in [1.82, 2.24) is 0 Å². The van der Waals surface area contributed by atoms with Crippen molar-refractivity contribution in [2.45, 2.75) is 31.7 Å². The highest BCUT2D eigenvalue weighted by molar-refractivity contribution is 6.33. The highest BCUT2D eigenvalue weighted by atomic mass is 35.5. The van der Waals surface area contributed by atoms with Crippen LogP contribution in [0.15, 0.2) is 18.2 Å². The normalized spacial score (nSPS) is 22.0. The molecule has 1 aromatic rings. The van der Waals surface area contributed by atoms with Gasteiger partial charge in [-0.1, -0.05) is 18.5 Å². The number of carbonyl (C=O) groups is 2. The number of aliphatic carboxylic acids is 1. The monoisotopic (exact) mass is 296 g/mol. The SMILES string of the molecule is CCC1(C(=O)O)CCCN1c1ccc(C(N)=O)cc1Cl. The minimum atomic E-state index is -0.919. The van der Waals surface area contributed by atoms with Crippen molar-refractivity contribution in [3.05, 3.63) is 28.8 Å². The quantitative estimate of drug-likeness (QED) is 0.893. The molecule has 0 aromatic heterocycles. The zero-order valence-electron chi connectivity index (χ0n) is 11.2. The second kappa shape index (κ2) is 5.32. The van der Waals surface area contributed by atoms with Gasteiger partial charge in [-0.25, -0.2) is 4.79 Å². The van der Waals surface area contributed by atoms with Gasteiger partial charge in [0, 0.05) is 12.1 Å². The molecule has 0 spiro atoms. The molecule has 0 saturated carbocycles. The topological polar surface area (TPSA) is 83.6 Å². The molecule has 1 atom stereocenters. The predicted octanol–water partition coefficient (Wildman–Crippen LogP) is 2.27. The third-order valence-corrected chi connectivity index (χ3v) is 4.30. The Morgan fingerprint density at radius 2 is 2.20 bits per heavy atom. The van der Waals surface area contributed by atoms with E-state index in [0.29, 0.717) is 35.7 Å². The molecule has 6 heteroatoms. The third-order valence-electron chi connectivity index (χ3n) is 3.99. The number of amides is 1. The van der Waals surface area contributed by atoms with Crippen LogP contribution in [0.2, 0.25) is 5.02 Å². The van der Waals surface area contributed by atoms with Crippen molar-refractivity contribution in [2.24, 2.45) is 5.73 Å². The molecule has 1 unspecified atom stereocenters. The standard InChI is InChI=1S/C14H17ClN2O3/c1-2-14(13(19)20)6-3-7-17(14)11-5-4-9(12(16)18)8-10(11)15/h4-5,8H,2-3,6-7H2,1H3,(H2,16,18)(H,19,20). The van der Waals surface area contributed by atoms with E-state index >= 15 is 0 Å². The van der Waals surface area contributed by atoms with E-state index in [-0.39, 0.29) is 0 Å². The van der Waals surface area contributed by atoms with Gasteiger partial charge in [0.1, 0.15) is 5.54 Å². The van der Waals surface area contributed by atoms with Gasteiger partial charge >= 0.3 is 5.97 Å². The number of carboxylic acids is 1. The first kappa shape index (κ1) is 14.7. The Balaban J connectivity index is 2.45. The number of primary amides is 1. The van der Waals surface area contributed by atoms with Crippen molar-refractivity contribution >= 4 is 29.2 Å². The second-order valence-corrected chi connectivity index (χ2v) is 5.38. The van der Waals surface area contributed by atoms with Gasteiger partial charge in [-0.05, 0) is 37.5 Å². The lowest BCUT2D eigenvalue weighted by atomic mass is 9.92. The van der Waals surface area contributed by atoms with Crippen LogP contribution in [0.1, 0.15) is 36.5 Å². The number of carbonyl (C=O) groups excluding carboxylic acids is 1. The Hall–Kier alpha value is -1.75. The zero-order valence-corrected chi connectivity index (χ0v) is 12.0. The number of hydrogen-bond donors (Lipinski definition) is 2. The predicted molar refractivity (Wildman–Crippen MR) is 77.2 cm³/mol. The number of anilines is 1. The molecule has 108 valence electrons. The van der Waals surface area contributed by atoms with E-state index in [9.17, 15) is 14.7 Å². The average Bonchev–Trinajstić information content (AvgIpc) is 2.83. The van der Waals surface area contributed by atoms with Gasteiger partial charge in [0.2, 0.25) is 5.91 Å². The van der Waals surface area contributed by atoms with Crippen molar-refractivity contribution in [3.63, 3.8) is 0 Å². The molecular formula is C14H17ClN2O3. The summed E-state index contributed by atoms with van der Waals surface area (Å²) in [5, 5.41) is 9.92. The van der Waals surface area contributed by atoms with Crippen LogP contribution >= 0.6 is 11.6 Å². The molecule has 0 aliphatic carbocycles. The Labute approximate surface area is 122 Å². The first-order valence-electron chi connectivity index (χ1n) is 6.53. The van der Waals surface area contributed by atoms with Gasteiger partial charge in [0.05, 0.1) is 10.7 Å². The molecule has 1 aliphatic heterocycles. The summed E-state index contributed by atoms with van der Waals surface area (Å²) < 4.78 is 0. The molecule has 3 N–H and O–H groups in total. The van der Waals surface area contributed by atoms with Crippen LogP contribution in [0.4, 0.5) is 5.69 Å². The lowest BCUT2D eigenvalue weighted by Crippen LogP contribution is -2.50. The fraction of sp³-hybridized carbons (Fsp3) is 0.429. The molecule has 1 amide bonds. The van der Waals surface area contributed by atoms with Crippen LogP contribution in [-0.2, 0) is 4.79 Å². The first-order valence-corrected chi connectivity index (χ1v) is 6.90. The van der Waals surface area contributed by atoms with E-state index in [4.69, 9.17) is 17.3 Å². The lowest BCUT2D eigenvalue weighted by Gasteiger charge is -2.36. The summed E-state index contributed by atoms with van der Waals surface area (Å²) >= 11 is 6.20. The highest BCUT2D eigenvalue weighted by Gasteiger charge is 2.46. The maximum Gasteiger partial charge on any atom is 0.329 e. The van der Waals surface area contributed by atoms with Crippen LogP contribution < -0.4 is 10.6 Å². The Kier molecular flexibility index (Phi) is 3.90. The molecule has 0 radical (unpaired) electrons. The van der Waals surface area contributed by atoms with E-state index in [2.05, 4.69) is 0 Å². The Morgan fingerprint density at radius 1 is 1.50 bits per heavy atom. The Morgan fingerprint density at radius 3 is 2.70 bits per heavy atom. The maximum atomic E-state index is 11.7. The van der Waals surface area contributed by atoms with Gasteiger partial charge in [-0.15, -0.1) is 0 Å². The number of carboxylic acid groups (broad SMARTS) is 1. The van der Waals surface area contributed by atoms with Crippen molar-refractivity contribution in [2.75, 3.05) is 11.4 Å². The van der Waals surface area contributed by atoms with Gasteiger partial charge in [-0.3, -0.25) is 4.79 Å². The van der Waals surface area contributed by atoms with Crippen LogP contribution in [-0.4, -0.2) is 29.1 Å². The maximum absolute atomic E-state index is 11.7. The van der Waals surface area contributed by atoms with Crippen LogP contribution in [0.25, 0.3) is 0 Å². The van der Waals surface area contributed by atoms with E-state index in [1.54, 1.807) is 12.1 Å². The summed E-state index contributed by atoms with van der Waals surface area (Å²) in [6, 6.07) is 4.73. The van der Waals surface area contributed by atoms with Gasteiger partial charge < -0.3 is 15.7 Å². The van der Waals surface area contributed by atoms with Gasteiger partial charge in [-0.2, -0.15) is 0 Å². The van der Waals surface area contributed by atoms with Crippen molar-refractivity contribution in [3.8, 4) is 0 Å². The minimum absolute atomic E-state index is 0.315. The molecule has 1 aromatic carbocycles. The van der Waals surface area contributed by atoms with E-state index in [0.717, 1.165) is 6.42 Å². The van der Waals surface area contributed by atoms with Crippen molar-refractivity contribution < 1.29 is 14.7 Å². The number of benzene rings is 1. The molecule has 1 saturated heterocycles. The summed E-state index contributed by atoms with van der Waals surface area (Å²) in [5.41, 5.74) is 5.24. The van der Waals surface area contributed by atoms with E-state index in [1.807, 2.05) is 11.8 Å². The number of hydrogen-bond acceptors (Lipinski definition) is 3. The molecule has 20 heavy (non-hydrogen) atoms. The van der Waals surface area contributed by atoms with Gasteiger partial charge in [0.25, 0.3) is 0 Å². The van der Waals surface area contributed by atoms with Gasteiger partial charge in [0.15, 0.2) is 0 Å². The highest BCUT2D eigenvalue weighted by Crippen LogP contribution is 2.40. The molecule has 5 nitrogen and oxygen atoms in total. The summed E-state index contributed by atoms with van der Waals surface area (Å²) in [6.45, 7) is 2.49. The van der Waals surface area contributed by atoms with E-state index in [1.165, 1.54) is 6.07 Å². The second-order valence-electron chi connectivity index (χ2n) is 4.98. The average molecular weight is 297 g/mol. The summed E-state index contributed by atoms with van der Waals surface area (Å²) in [4.78, 5) is 24.6. The third kappa shape index (κ3) is 2.22. The fourth-order valence-electron chi connectivity index (χ4n) is 2.85. The number of nitrogens with two attached hydrogens (primary N) is 1. The smallest absolute Gasteiger partial charge is 0.329 e. The number of nitrogens with zero attached hydrogens (tertiary/aromatic N) is 1. The lowest BCUT2D eigenvalue weighted by molar-refractivity contribution is -0.143. The largest absolute Gasteiger partial charge is 0.479 e. The number of halogens is 1. The van der Waals surface area contributed by atoms with E-state index < -0.39 is 17.4 Å². The molecule has 1 fully saturated rings. The minimum Gasteiger partial charge on any atom is -0.479 e. The van der Waals surface area contributed by atoms with Crippen LogP contribution in [0, 0.1) is 0 Å². The summed E-state index contributed by atoms with van der Waals surface area (Å²) in [7, 11) is 0. The Bertz CT molecular complexity index is 561. The molecule has 2 rings (SSSR count). The molecular weight excluding hydrogens is 280 g/mol. The summed E-state index contributed by atoms with van der Waals surface area (Å²) in [5.74, 6) is -1.40. The molecule has 0 bridgehead atoms.